The molecule has 3 rings (SSSR count). The molecule has 0 saturated heterocycles. The number of aliphatic hydroxyl groups is 1. The summed E-state index contributed by atoms with van der Waals surface area (Å²) in [5.41, 5.74) is 1.54. The molecule has 2 aromatic carbocycles. The molecule has 0 bridgehead atoms. The van der Waals surface area contributed by atoms with Gasteiger partial charge in [0.2, 0.25) is 0 Å². The first-order chi connectivity index (χ1) is 10.7. The molecule has 0 fully saturated rings. The van der Waals surface area contributed by atoms with E-state index in [1.54, 1.807) is 6.07 Å². The van der Waals surface area contributed by atoms with Crippen LogP contribution in [0.5, 0.6) is 0 Å². The Morgan fingerprint density at radius 1 is 1.09 bits per heavy atom. The van der Waals surface area contributed by atoms with Crippen molar-refractivity contribution in [2.75, 3.05) is 6.54 Å². The number of rotatable bonds is 5. The molecule has 112 valence electrons. The molecule has 1 atom stereocenters. The molecule has 4 nitrogen and oxygen atoms in total. The summed E-state index contributed by atoms with van der Waals surface area (Å²) < 4.78 is 5.50. The molecule has 22 heavy (non-hydrogen) atoms. The molecular weight excluding hydrogens is 278 g/mol. The van der Waals surface area contributed by atoms with Crippen molar-refractivity contribution in [2.24, 2.45) is 0 Å². The van der Waals surface area contributed by atoms with Gasteiger partial charge in [-0.15, -0.1) is 0 Å². The van der Waals surface area contributed by atoms with Crippen LogP contribution in [-0.2, 0) is 0 Å². The molecule has 4 heteroatoms. The number of carbonyl (C=O) groups is 1. The smallest absolute Gasteiger partial charge is 0.287 e. The molecule has 0 aliphatic heterocycles. The lowest BCUT2D eigenvalue weighted by Gasteiger charge is -2.10. The molecule has 0 spiro atoms. The largest absolute Gasteiger partial charge is 0.451 e. The van der Waals surface area contributed by atoms with Gasteiger partial charge >= 0.3 is 0 Å². The van der Waals surface area contributed by atoms with Gasteiger partial charge in [-0.3, -0.25) is 4.79 Å². The van der Waals surface area contributed by atoms with E-state index in [0.29, 0.717) is 18.5 Å². The van der Waals surface area contributed by atoms with Crippen molar-refractivity contribution < 1.29 is 14.3 Å². The van der Waals surface area contributed by atoms with E-state index in [2.05, 4.69) is 5.32 Å². The number of fused-ring (bicyclic) bond motifs is 1. The molecule has 0 aliphatic rings. The van der Waals surface area contributed by atoms with Crippen molar-refractivity contribution in [3.63, 3.8) is 0 Å². The Balaban J connectivity index is 1.56. The third-order valence-corrected chi connectivity index (χ3v) is 3.54. The predicted molar refractivity (Wildman–Crippen MR) is 84.6 cm³/mol. The fraction of sp³-hybridized carbons (Fsp3) is 0.167. The second-order valence-electron chi connectivity index (χ2n) is 5.12. The van der Waals surface area contributed by atoms with Gasteiger partial charge in [0.15, 0.2) is 5.76 Å². The van der Waals surface area contributed by atoms with Gasteiger partial charge in [-0.1, -0.05) is 48.5 Å². The van der Waals surface area contributed by atoms with Crippen LogP contribution in [0.15, 0.2) is 65.1 Å². The van der Waals surface area contributed by atoms with E-state index in [9.17, 15) is 9.90 Å². The van der Waals surface area contributed by atoms with Gasteiger partial charge in [0.05, 0.1) is 6.10 Å². The maximum absolute atomic E-state index is 12.0. The van der Waals surface area contributed by atoms with Crippen LogP contribution in [0.1, 0.15) is 28.6 Å². The highest BCUT2D eigenvalue weighted by Gasteiger charge is 2.13. The third-order valence-electron chi connectivity index (χ3n) is 3.54. The fourth-order valence-electron chi connectivity index (χ4n) is 2.35. The molecule has 0 saturated carbocycles. The topological polar surface area (TPSA) is 62.5 Å². The predicted octanol–water partition coefficient (Wildman–Crippen LogP) is 3.29. The molecular formula is C18H17NO3. The minimum Gasteiger partial charge on any atom is -0.451 e. The number of para-hydroxylation sites is 1. The first kappa shape index (κ1) is 14.4. The van der Waals surface area contributed by atoms with Gasteiger partial charge in [-0.25, -0.2) is 0 Å². The standard InChI is InChI=1S/C18H17NO3/c20-15(13-6-2-1-3-7-13)10-11-19-18(21)17-12-14-8-4-5-9-16(14)22-17/h1-9,12,15,20H,10-11H2,(H,19,21)/t15-/m0/s1. The molecule has 2 N–H and O–H groups in total. The van der Waals surface area contributed by atoms with Crippen molar-refractivity contribution in [1.29, 1.82) is 0 Å². The summed E-state index contributed by atoms with van der Waals surface area (Å²) >= 11 is 0. The van der Waals surface area contributed by atoms with E-state index in [1.807, 2.05) is 54.6 Å². The summed E-state index contributed by atoms with van der Waals surface area (Å²) in [6.07, 6.45) is -0.132. The summed E-state index contributed by atoms with van der Waals surface area (Å²) in [5, 5.41) is 13.7. The van der Waals surface area contributed by atoms with E-state index in [4.69, 9.17) is 4.42 Å². The molecule has 1 aromatic heterocycles. The Labute approximate surface area is 128 Å². The summed E-state index contributed by atoms with van der Waals surface area (Å²) in [4.78, 5) is 12.0. The van der Waals surface area contributed by atoms with Crippen molar-refractivity contribution >= 4 is 16.9 Å². The first-order valence-corrected chi connectivity index (χ1v) is 7.24. The van der Waals surface area contributed by atoms with Crippen molar-refractivity contribution in [3.8, 4) is 0 Å². The van der Waals surface area contributed by atoms with E-state index < -0.39 is 6.10 Å². The zero-order valence-electron chi connectivity index (χ0n) is 12.0. The van der Waals surface area contributed by atoms with Gasteiger partial charge < -0.3 is 14.8 Å². The van der Waals surface area contributed by atoms with E-state index in [-0.39, 0.29) is 11.7 Å². The van der Waals surface area contributed by atoms with Gasteiger partial charge in [0.1, 0.15) is 5.58 Å². The molecule has 3 aromatic rings. The maximum Gasteiger partial charge on any atom is 0.287 e. The summed E-state index contributed by atoms with van der Waals surface area (Å²) in [6, 6.07) is 18.6. The maximum atomic E-state index is 12.0. The average molecular weight is 295 g/mol. The first-order valence-electron chi connectivity index (χ1n) is 7.24. The zero-order valence-corrected chi connectivity index (χ0v) is 12.0. The number of carbonyl (C=O) groups excluding carboxylic acids is 1. The number of aliphatic hydroxyl groups excluding tert-OH is 1. The van der Waals surface area contributed by atoms with Crippen LogP contribution >= 0.6 is 0 Å². The van der Waals surface area contributed by atoms with Crippen molar-refractivity contribution in [2.45, 2.75) is 12.5 Å². The van der Waals surface area contributed by atoms with Crippen LogP contribution in [0.3, 0.4) is 0 Å². The van der Waals surface area contributed by atoms with Crippen LogP contribution < -0.4 is 5.32 Å². The quantitative estimate of drug-likeness (QED) is 0.759. The van der Waals surface area contributed by atoms with Gasteiger partial charge in [0.25, 0.3) is 5.91 Å². The summed E-state index contributed by atoms with van der Waals surface area (Å²) in [5.74, 6) is 0.0202. The number of hydrogen-bond donors (Lipinski definition) is 2. The van der Waals surface area contributed by atoms with Crippen LogP contribution in [-0.4, -0.2) is 17.6 Å². The van der Waals surface area contributed by atoms with Crippen LogP contribution in [0, 0.1) is 0 Å². The van der Waals surface area contributed by atoms with Crippen LogP contribution in [0.4, 0.5) is 0 Å². The van der Waals surface area contributed by atoms with Gasteiger partial charge in [0, 0.05) is 11.9 Å². The number of hydrogen-bond acceptors (Lipinski definition) is 3. The van der Waals surface area contributed by atoms with Crippen molar-refractivity contribution in [3.05, 3.63) is 72.0 Å². The summed E-state index contributed by atoms with van der Waals surface area (Å²) in [6.45, 7) is 0.381. The zero-order chi connectivity index (χ0) is 15.4. The molecule has 0 unspecified atom stereocenters. The number of nitrogens with one attached hydrogen (secondary N) is 1. The lowest BCUT2D eigenvalue weighted by atomic mass is 10.1. The van der Waals surface area contributed by atoms with Crippen molar-refractivity contribution in [1.82, 2.24) is 5.32 Å². The SMILES string of the molecule is O=C(NCC[C@H](O)c1ccccc1)c1cc2ccccc2o1. The Morgan fingerprint density at radius 2 is 1.82 bits per heavy atom. The Hall–Kier alpha value is -2.59. The number of benzene rings is 2. The van der Waals surface area contributed by atoms with Gasteiger partial charge in [-0.2, -0.15) is 0 Å². The monoisotopic (exact) mass is 295 g/mol. The van der Waals surface area contributed by atoms with E-state index in [1.165, 1.54) is 0 Å². The highest BCUT2D eigenvalue weighted by molar-refractivity contribution is 5.96. The second-order valence-corrected chi connectivity index (χ2v) is 5.12. The highest BCUT2D eigenvalue weighted by Crippen LogP contribution is 2.19. The third kappa shape index (κ3) is 3.18. The minimum atomic E-state index is -0.586. The lowest BCUT2D eigenvalue weighted by Crippen LogP contribution is -2.25. The second kappa shape index (κ2) is 6.45. The Morgan fingerprint density at radius 3 is 2.59 bits per heavy atom. The molecule has 1 heterocycles. The molecule has 0 radical (unpaired) electrons. The molecule has 0 aliphatic carbocycles. The highest BCUT2D eigenvalue weighted by atomic mass is 16.3. The lowest BCUT2D eigenvalue weighted by molar-refractivity contribution is 0.0917. The number of amides is 1. The average Bonchev–Trinajstić information content (AvgIpc) is 2.99. The Kier molecular flexibility index (Phi) is 4.21. The Bertz CT molecular complexity index is 731. The fourth-order valence-corrected chi connectivity index (χ4v) is 2.35. The van der Waals surface area contributed by atoms with Crippen LogP contribution in [0.2, 0.25) is 0 Å². The molecule has 1 amide bonds. The van der Waals surface area contributed by atoms with E-state index >= 15 is 0 Å². The van der Waals surface area contributed by atoms with Crippen LogP contribution in [0.25, 0.3) is 11.0 Å². The normalized spacial score (nSPS) is 12.2. The van der Waals surface area contributed by atoms with E-state index in [0.717, 1.165) is 10.9 Å². The number of furan rings is 1. The minimum absolute atomic E-state index is 0.267. The summed E-state index contributed by atoms with van der Waals surface area (Å²) in [7, 11) is 0. The van der Waals surface area contributed by atoms with Gasteiger partial charge in [-0.05, 0) is 24.1 Å².